The van der Waals surface area contributed by atoms with Crippen molar-refractivity contribution < 1.29 is 23.8 Å². The van der Waals surface area contributed by atoms with E-state index in [1.807, 2.05) is 6.07 Å². The van der Waals surface area contributed by atoms with E-state index in [1.54, 1.807) is 6.92 Å². The standard InChI is InChI=1S/C29H36FN5O4/c1-19(18-36)31-27(37)22-5-9-24(10-6-22)35-26-16-20(17-34-12-14-39-15-13-34)2-11-25(26)32-29(35)33-28(38)21-3-7-23(30)8-4-21/h2-4,7-8,11,16,19,22,24,36H,5-6,9-10,12-15,17-18H2,1H3,(H,31,37)(H,32,33,38)/t19-,22?,24?/m1/s1. The van der Waals surface area contributed by atoms with E-state index in [0.29, 0.717) is 24.4 Å². The van der Waals surface area contributed by atoms with Gasteiger partial charge in [0.15, 0.2) is 0 Å². The molecule has 2 heterocycles. The quantitative estimate of drug-likeness (QED) is 0.406. The Morgan fingerprint density at radius 2 is 1.82 bits per heavy atom. The lowest BCUT2D eigenvalue weighted by atomic mass is 9.85. The smallest absolute Gasteiger partial charge is 0.257 e. The van der Waals surface area contributed by atoms with E-state index < -0.39 is 5.82 Å². The summed E-state index contributed by atoms with van der Waals surface area (Å²) in [5.41, 5.74) is 3.23. The molecule has 5 rings (SSSR count). The van der Waals surface area contributed by atoms with Crippen molar-refractivity contribution in [2.24, 2.45) is 5.92 Å². The average Bonchev–Trinajstić information content (AvgIpc) is 3.30. The van der Waals surface area contributed by atoms with Crippen LogP contribution < -0.4 is 10.6 Å². The third-order valence-corrected chi connectivity index (χ3v) is 7.69. The topological polar surface area (TPSA) is 109 Å². The molecule has 0 radical (unpaired) electrons. The Morgan fingerprint density at radius 1 is 1.10 bits per heavy atom. The van der Waals surface area contributed by atoms with E-state index in [4.69, 9.17) is 9.72 Å². The number of fused-ring (bicyclic) bond motifs is 1. The van der Waals surface area contributed by atoms with Crippen molar-refractivity contribution in [3.05, 3.63) is 59.4 Å². The lowest BCUT2D eigenvalue weighted by Gasteiger charge is -2.30. The van der Waals surface area contributed by atoms with Gasteiger partial charge in [0.1, 0.15) is 5.82 Å². The van der Waals surface area contributed by atoms with Crippen LogP contribution in [0.4, 0.5) is 10.3 Å². The lowest BCUT2D eigenvalue weighted by molar-refractivity contribution is -0.127. The van der Waals surface area contributed by atoms with Gasteiger partial charge in [0.2, 0.25) is 11.9 Å². The predicted octanol–water partition coefficient (Wildman–Crippen LogP) is 3.49. The van der Waals surface area contributed by atoms with Crippen LogP contribution in [0.15, 0.2) is 42.5 Å². The van der Waals surface area contributed by atoms with Gasteiger partial charge < -0.3 is 19.7 Å². The molecule has 0 unspecified atom stereocenters. The maximum Gasteiger partial charge on any atom is 0.257 e. The third-order valence-electron chi connectivity index (χ3n) is 7.69. The summed E-state index contributed by atoms with van der Waals surface area (Å²) in [6.07, 6.45) is 2.91. The molecule has 1 aliphatic carbocycles. The molecule has 2 aliphatic rings. The van der Waals surface area contributed by atoms with E-state index in [9.17, 15) is 19.1 Å². The fraction of sp³-hybridized carbons (Fsp3) is 0.483. The number of anilines is 1. The van der Waals surface area contributed by atoms with Crippen LogP contribution in [-0.4, -0.2) is 70.3 Å². The molecule has 10 heteroatoms. The highest BCUT2D eigenvalue weighted by Crippen LogP contribution is 2.37. The number of nitrogens with zero attached hydrogens (tertiary/aromatic N) is 3. The maximum absolute atomic E-state index is 13.4. The normalized spacial score (nSPS) is 21.0. The molecule has 0 bridgehead atoms. The number of imidazole rings is 1. The monoisotopic (exact) mass is 537 g/mol. The number of aliphatic hydroxyl groups is 1. The van der Waals surface area contributed by atoms with E-state index in [-0.39, 0.29) is 36.4 Å². The fourth-order valence-corrected chi connectivity index (χ4v) is 5.49. The van der Waals surface area contributed by atoms with Gasteiger partial charge in [0.25, 0.3) is 5.91 Å². The summed E-state index contributed by atoms with van der Waals surface area (Å²) in [7, 11) is 0. The Labute approximate surface area is 227 Å². The first-order valence-electron chi connectivity index (χ1n) is 13.7. The average molecular weight is 538 g/mol. The summed E-state index contributed by atoms with van der Waals surface area (Å²) >= 11 is 0. The number of rotatable bonds is 8. The molecule has 2 amide bonds. The molecule has 208 valence electrons. The number of carbonyl (C=O) groups is 2. The molecule has 1 saturated carbocycles. The SMILES string of the molecule is C[C@H](CO)NC(=O)C1CCC(n2c(NC(=O)c3ccc(F)cc3)nc3ccc(CN4CCOCC4)cc32)CC1. The van der Waals surface area contributed by atoms with Crippen LogP contribution >= 0.6 is 0 Å². The Morgan fingerprint density at radius 3 is 2.51 bits per heavy atom. The van der Waals surface area contributed by atoms with Crippen LogP contribution in [0.2, 0.25) is 0 Å². The van der Waals surface area contributed by atoms with Crippen LogP contribution in [-0.2, 0) is 16.1 Å². The number of nitrogens with one attached hydrogen (secondary N) is 2. The van der Waals surface area contributed by atoms with E-state index in [0.717, 1.165) is 62.3 Å². The van der Waals surface area contributed by atoms with Crippen LogP contribution in [0, 0.1) is 11.7 Å². The van der Waals surface area contributed by atoms with Crippen LogP contribution in [0.3, 0.4) is 0 Å². The molecule has 3 N–H and O–H groups in total. The number of hydrogen-bond donors (Lipinski definition) is 3. The molecule has 1 saturated heterocycles. The summed E-state index contributed by atoms with van der Waals surface area (Å²) in [6.45, 7) is 5.73. The Balaban J connectivity index is 1.41. The number of morpholine rings is 1. The molecule has 2 aromatic carbocycles. The van der Waals surface area contributed by atoms with Gasteiger partial charge in [-0.15, -0.1) is 0 Å². The number of hydrogen-bond acceptors (Lipinski definition) is 6. The molecule has 9 nitrogen and oxygen atoms in total. The first-order valence-corrected chi connectivity index (χ1v) is 13.7. The molecule has 2 fully saturated rings. The summed E-state index contributed by atoms with van der Waals surface area (Å²) < 4.78 is 21.0. The molecular weight excluding hydrogens is 501 g/mol. The minimum Gasteiger partial charge on any atom is -0.394 e. The first-order chi connectivity index (χ1) is 18.9. The molecular formula is C29H36FN5O4. The van der Waals surface area contributed by atoms with Crippen LogP contribution in [0.1, 0.15) is 54.6 Å². The van der Waals surface area contributed by atoms with E-state index in [2.05, 4.69) is 32.2 Å². The van der Waals surface area contributed by atoms with Gasteiger partial charge in [-0.05, 0) is 74.6 Å². The van der Waals surface area contributed by atoms with Crippen molar-refractivity contribution in [2.45, 2.75) is 51.2 Å². The van der Waals surface area contributed by atoms with Gasteiger partial charge in [-0.2, -0.15) is 0 Å². The van der Waals surface area contributed by atoms with E-state index in [1.165, 1.54) is 24.3 Å². The Kier molecular flexibility index (Phi) is 8.54. The fourth-order valence-electron chi connectivity index (χ4n) is 5.49. The number of ether oxygens (including phenoxy) is 1. The van der Waals surface area contributed by atoms with Crippen molar-refractivity contribution in [1.82, 2.24) is 19.8 Å². The van der Waals surface area contributed by atoms with Crippen molar-refractivity contribution in [3.8, 4) is 0 Å². The van der Waals surface area contributed by atoms with E-state index >= 15 is 0 Å². The van der Waals surface area contributed by atoms with Gasteiger partial charge in [0, 0.05) is 43.2 Å². The molecule has 1 aliphatic heterocycles. The van der Waals surface area contributed by atoms with Crippen LogP contribution in [0.25, 0.3) is 11.0 Å². The zero-order chi connectivity index (χ0) is 27.4. The van der Waals surface area contributed by atoms with Gasteiger partial charge in [0.05, 0.1) is 30.9 Å². The third kappa shape index (κ3) is 6.46. The summed E-state index contributed by atoms with van der Waals surface area (Å²) in [4.78, 5) is 32.9. The maximum atomic E-state index is 13.4. The highest BCUT2D eigenvalue weighted by Gasteiger charge is 2.30. The first kappa shape index (κ1) is 27.2. The summed E-state index contributed by atoms with van der Waals surface area (Å²) in [5, 5.41) is 15.1. The van der Waals surface area contributed by atoms with Gasteiger partial charge >= 0.3 is 0 Å². The number of aliphatic hydroxyl groups excluding tert-OH is 1. The lowest BCUT2D eigenvalue weighted by Crippen LogP contribution is -2.40. The molecule has 1 aromatic heterocycles. The molecule has 1 atom stereocenters. The second-order valence-electron chi connectivity index (χ2n) is 10.6. The zero-order valence-electron chi connectivity index (χ0n) is 22.2. The second kappa shape index (κ2) is 12.2. The van der Waals surface area contributed by atoms with Crippen molar-refractivity contribution in [1.29, 1.82) is 0 Å². The number of aromatic nitrogens is 2. The highest BCUT2D eigenvalue weighted by molar-refractivity contribution is 6.04. The second-order valence-corrected chi connectivity index (χ2v) is 10.6. The number of amides is 2. The number of halogens is 1. The Bertz CT molecular complexity index is 1300. The van der Waals surface area contributed by atoms with Crippen molar-refractivity contribution >= 4 is 28.8 Å². The zero-order valence-corrected chi connectivity index (χ0v) is 22.2. The Hall–Kier alpha value is -3.34. The highest BCUT2D eigenvalue weighted by atomic mass is 19.1. The molecule has 0 spiro atoms. The number of benzene rings is 2. The van der Waals surface area contributed by atoms with Gasteiger partial charge in [-0.1, -0.05) is 6.07 Å². The largest absolute Gasteiger partial charge is 0.394 e. The van der Waals surface area contributed by atoms with Crippen LogP contribution in [0.5, 0.6) is 0 Å². The molecule has 39 heavy (non-hydrogen) atoms. The number of carbonyl (C=O) groups excluding carboxylic acids is 2. The van der Waals surface area contributed by atoms with Crippen molar-refractivity contribution in [2.75, 3.05) is 38.2 Å². The minimum absolute atomic E-state index is 0.0249. The predicted molar refractivity (Wildman–Crippen MR) is 146 cm³/mol. The molecule has 3 aromatic rings. The summed E-state index contributed by atoms with van der Waals surface area (Å²) in [6, 6.07) is 11.4. The van der Waals surface area contributed by atoms with Crippen molar-refractivity contribution in [3.63, 3.8) is 0 Å². The van der Waals surface area contributed by atoms with Gasteiger partial charge in [-0.3, -0.25) is 19.8 Å². The minimum atomic E-state index is -0.402. The summed E-state index contributed by atoms with van der Waals surface area (Å²) in [5.74, 6) is -0.445. The van der Waals surface area contributed by atoms with Gasteiger partial charge in [-0.25, -0.2) is 9.37 Å².